The molecule has 0 radical (unpaired) electrons. The standard InChI is InChI=1S/C20H34N2O2/c1-7-24-20(23)16(6)10-17-8-9-19(18(21)11-17)22(12-14(2)3)13-15(4)5/h8-9,11,14-16H,7,10,12-13,21H2,1-6H3. The minimum absolute atomic E-state index is 0.151. The first kappa shape index (κ1) is 20.3. The number of rotatable bonds is 9. The van der Waals surface area contributed by atoms with Gasteiger partial charge in [0.2, 0.25) is 0 Å². The summed E-state index contributed by atoms with van der Waals surface area (Å²) in [5, 5.41) is 0. The maximum atomic E-state index is 11.8. The van der Waals surface area contributed by atoms with Crippen LogP contribution in [-0.2, 0) is 16.0 Å². The zero-order valence-electron chi connectivity index (χ0n) is 16.1. The molecule has 0 bridgehead atoms. The highest BCUT2D eigenvalue weighted by Crippen LogP contribution is 2.27. The highest BCUT2D eigenvalue weighted by atomic mass is 16.5. The van der Waals surface area contributed by atoms with Crippen LogP contribution in [-0.4, -0.2) is 25.7 Å². The lowest BCUT2D eigenvalue weighted by Gasteiger charge is -2.30. The van der Waals surface area contributed by atoms with Gasteiger partial charge in [-0.25, -0.2) is 0 Å². The third-order valence-corrected chi connectivity index (χ3v) is 3.83. The molecule has 1 atom stereocenters. The van der Waals surface area contributed by atoms with Crippen LogP contribution >= 0.6 is 0 Å². The molecular weight excluding hydrogens is 300 g/mol. The third-order valence-electron chi connectivity index (χ3n) is 3.83. The maximum Gasteiger partial charge on any atom is 0.308 e. The SMILES string of the molecule is CCOC(=O)C(C)Cc1ccc(N(CC(C)C)CC(C)C)c(N)c1. The number of hydrogen-bond donors (Lipinski definition) is 1. The van der Waals surface area contributed by atoms with E-state index in [1.165, 1.54) is 0 Å². The van der Waals surface area contributed by atoms with E-state index in [1.807, 2.05) is 19.9 Å². The van der Waals surface area contributed by atoms with Gasteiger partial charge in [-0.3, -0.25) is 4.79 Å². The third kappa shape index (κ3) is 6.42. The van der Waals surface area contributed by atoms with Crippen LogP contribution in [0.2, 0.25) is 0 Å². The molecule has 2 N–H and O–H groups in total. The van der Waals surface area contributed by atoms with E-state index in [0.717, 1.165) is 30.0 Å². The first-order chi connectivity index (χ1) is 11.2. The number of nitrogens with zero attached hydrogens (tertiary/aromatic N) is 1. The van der Waals surface area contributed by atoms with E-state index in [9.17, 15) is 4.79 Å². The fourth-order valence-electron chi connectivity index (χ4n) is 2.89. The molecule has 0 fully saturated rings. The van der Waals surface area contributed by atoms with Crippen molar-refractivity contribution < 1.29 is 9.53 Å². The number of hydrogen-bond acceptors (Lipinski definition) is 4. The molecule has 1 aromatic carbocycles. The van der Waals surface area contributed by atoms with Crippen LogP contribution in [0.15, 0.2) is 18.2 Å². The maximum absolute atomic E-state index is 11.8. The minimum atomic E-state index is -0.155. The van der Waals surface area contributed by atoms with Crippen LogP contribution in [0.3, 0.4) is 0 Å². The Kier molecular flexibility index (Phi) is 8.09. The van der Waals surface area contributed by atoms with Crippen LogP contribution < -0.4 is 10.6 Å². The summed E-state index contributed by atoms with van der Waals surface area (Å²) in [6.45, 7) is 15.0. The summed E-state index contributed by atoms with van der Waals surface area (Å²) in [4.78, 5) is 14.2. The minimum Gasteiger partial charge on any atom is -0.466 e. The van der Waals surface area contributed by atoms with E-state index in [2.05, 4.69) is 44.7 Å². The molecule has 1 aromatic rings. The van der Waals surface area contributed by atoms with E-state index in [-0.39, 0.29) is 11.9 Å². The van der Waals surface area contributed by atoms with Crippen molar-refractivity contribution in [1.29, 1.82) is 0 Å². The quantitative estimate of drug-likeness (QED) is 0.545. The van der Waals surface area contributed by atoms with Crippen molar-refractivity contribution in [2.24, 2.45) is 17.8 Å². The molecule has 136 valence electrons. The molecule has 4 nitrogen and oxygen atoms in total. The topological polar surface area (TPSA) is 55.6 Å². The van der Waals surface area contributed by atoms with Gasteiger partial charge in [-0.05, 0) is 42.9 Å². The number of benzene rings is 1. The highest BCUT2D eigenvalue weighted by Gasteiger charge is 2.17. The van der Waals surface area contributed by atoms with E-state index < -0.39 is 0 Å². The molecule has 0 aliphatic carbocycles. The van der Waals surface area contributed by atoms with Gasteiger partial charge in [-0.15, -0.1) is 0 Å². The van der Waals surface area contributed by atoms with Crippen LogP contribution in [0.5, 0.6) is 0 Å². The first-order valence-electron chi connectivity index (χ1n) is 9.04. The van der Waals surface area contributed by atoms with Gasteiger partial charge in [0.25, 0.3) is 0 Å². The van der Waals surface area contributed by atoms with Crippen molar-refractivity contribution in [2.45, 2.75) is 48.0 Å². The lowest BCUT2D eigenvalue weighted by atomic mass is 10.00. The van der Waals surface area contributed by atoms with Gasteiger partial charge in [-0.2, -0.15) is 0 Å². The Bertz CT molecular complexity index is 516. The van der Waals surface area contributed by atoms with Gasteiger partial charge >= 0.3 is 5.97 Å². The van der Waals surface area contributed by atoms with Crippen LogP contribution in [0.4, 0.5) is 11.4 Å². The van der Waals surface area contributed by atoms with E-state index >= 15 is 0 Å². The largest absolute Gasteiger partial charge is 0.466 e. The number of carbonyl (C=O) groups excluding carboxylic acids is 1. The predicted octanol–water partition coefficient (Wildman–Crippen LogP) is 4.13. The van der Waals surface area contributed by atoms with Crippen LogP contribution in [0, 0.1) is 17.8 Å². The summed E-state index contributed by atoms with van der Waals surface area (Å²) in [7, 11) is 0. The highest BCUT2D eigenvalue weighted by molar-refractivity contribution is 5.73. The number of carbonyl (C=O) groups is 1. The van der Waals surface area contributed by atoms with Gasteiger partial charge in [-0.1, -0.05) is 40.7 Å². The Balaban J connectivity index is 2.90. The second-order valence-electron chi connectivity index (χ2n) is 7.44. The van der Waals surface area contributed by atoms with E-state index in [1.54, 1.807) is 0 Å². The predicted molar refractivity (Wildman–Crippen MR) is 102 cm³/mol. The molecule has 4 heteroatoms. The van der Waals surface area contributed by atoms with Crippen molar-refractivity contribution >= 4 is 17.3 Å². The summed E-state index contributed by atoms with van der Waals surface area (Å²) in [5.74, 6) is 0.845. The molecule has 0 amide bonds. The first-order valence-corrected chi connectivity index (χ1v) is 9.04. The molecule has 0 spiro atoms. The fraction of sp³-hybridized carbons (Fsp3) is 0.650. The van der Waals surface area contributed by atoms with E-state index in [0.29, 0.717) is 24.9 Å². The lowest BCUT2D eigenvalue weighted by Crippen LogP contribution is -2.32. The van der Waals surface area contributed by atoms with Crippen molar-refractivity contribution in [1.82, 2.24) is 0 Å². The van der Waals surface area contributed by atoms with Gasteiger partial charge in [0.15, 0.2) is 0 Å². The zero-order valence-corrected chi connectivity index (χ0v) is 16.1. The molecule has 0 aromatic heterocycles. The number of anilines is 2. The van der Waals surface area contributed by atoms with Crippen LogP contribution in [0.1, 0.15) is 47.1 Å². The molecule has 24 heavy (non-hydrogen) atoms. The second kappa shape index (κ2) is 9.55. The van der Waals surface area contributed by atoms with Crippen molar-refractivity contribution in [3.05, 3.63) is 23.8 Å². The number of nitrogens with two attached hydrogens (primary N) is 1. The Hall–Kier alpha value is -1.71. The average Bonchev–Trinajstić information content (AvgIpc) is 2.45. The van der Waals surface area contributed by atoms with Gasteiger partial charge in [0.1, 0.15) is 0 Å². The Labute approximate surface area is 147 Å². The summed E-state index contributed by atoms with van der Waals surface area (Å²) in [6, 6.07) is 6.17. The van der Waals surface area contributed by atoms with Gasteiger partial charge < -0.3 is 15.4 Å². The number of ether oxygens (including phenoxy) is 1. The lowest BCUT2D eigenvalue weighted by molar-refractivity contribution is -0.147. The Morgan fingerprint density at radius 2 is 1.71 bits per heavy atom. The molecule has 1 rings (SSSR count). The van der Waals surface area contributed by atoms with Crippen molar-refractivity contribution in [3.8, 4) is 0 Å². The van der Waals surface area contributed by atoms with Crippen LogP contribution in [0.25, 0.3) is 0 Å². The normalized spacial score (nSPS) is 12.5. The Morgan fingerprint density at radius 3 is 2.17 bits per heavy atom. The van der Waals surface area contributed by atoms with E-state index in [4.69, 9.17) is 10.5 Å². The molecular formula is C20H34N2O2. The monoisotopic (exact) mass is 334 g/mol. The van der Waals surface area contributed by atoms with Crippen molar-refractivity contribution in [3.63, 3.8) is 0 Å². The Morgan fingerprint density at radius 1 is 1.12 bits per heavy atom. The van der Waals surface area contributed by atoms with Crippen molar-refractivity contribution in [2.75, 3.05) is 30.3 Å². The molecule has 0 saturated carbocycles. The summed E-state index contributed by atoms with van der Waals surface area (Å²) < 4.78 is 5.08. The second-order valence-corrected chi connectivity index (χ2v) is 7.44. The molecule has 0 aliphatic heterocycles. The summed E-state index contributed by atoms with van der Waals surface area (Å²) in [6.07, 6.45) is 0.650. The summed E-state index contributed by atoms with van der Waals surface area (Å²) in [5.41, 5.74) is 9.27. The molecule has 0 heterocycles. The zero-order chi connectivity index (χ0) is 18.3. The molecule has 1 unspecified atom stereocenters. The number of nitrogen functional groups attached to an aromatic ring is 1. The van der Waals surface area contributed by atoms with Gasteiger partial charge in [0, 0.05) is 13.1 Å². The molecule has 0 aliphatic rings. The van der Waals surface area contributed by atoms with Gasteiger partial charge in [0.05, 0.1) is 23.9 Å². The fourth-order valence-corrected chi connectivity index (χ4v) is 2.89. The average molecular weight is 335 g/mol. The number of esters is 1. The molecule has 0 saturated heterocycles. The summed E-state index contributed by atoms with van der Waals surface area (Å²) >= 11 is 0. The smallest absolute Gasteiger partial charge is 0.308 e.